The zero-order valence-corrected chi connectivity index (χ0v) is 16.2. The Balaban J connectivity index is 1.60. The zero-order valence-electron chi connectivity index (χ0n) is 15.4. The summed E-state index contributed by atoms with van der Waals surface area (Å²) in [6.45, 7) is 4.54. The van der Waals surface area contributed by atoms with Crippen LogP contribution in [0.4, 0.5) is 0 Å². The fourth-order valence-electron chi connectivity index (χ4n) is 2.58. The first-order valence-corrected chi connectivity index (χ1v) is 9.30. The van der Waals surface area contributed by atoms with Crippen LogP contribution in [-0.2, 0) is 18.4 Å². The van der Waals surface area contributed by atoms with Crippen LogP contribution in [0.15, 0.2) is 46.2 Å². The summed E-state index contributed by atoms with van der Waals surface area (Å²) in [6.07, 6.45) is 1.63. The number of hydrogen-bond acceptors (Lipinski definition) is 5. The summed E-state index contributed by atoms with van der Waals surface area (Å²) in [5.41, 5.74) is 3.24. The number of benzene rings is 1. The molecule has 0 aliphatic rings. The minimum Gasteiger partial charge on any atom is -0.469 e. The smallest absolute Gasteiger partial charge is 0.233 e. The number of aryl methyl sites for hydroxylation is 2. The van der Waals surface area contributed by atoms with Gasteiger partial charge >= 0.3 is 0 Å². The third-order valence-corrected chi connectivity index (χ3v) is 5.23. The van der Waals surface area contributed by atoms with Gasteiger partial charge in [-0.05, 0) is 25.5 Å². The van der Waals surface area contributed by atoms with Crippen LogP contribution in [0.2, 0.25) is 0 Å². The molecule has 2 heterocycles. The molecule has 0 radical (unpaired) electrons. The van der Waals surface area contributed by atoms with Crippen molar-refractivity contribution in [1.82, 2.24) is 19.7 Å². The lowest BCUT2D eigenvalue weighted by molar-refractivity contribution is -0.127. The molecule has 0 aliphatic carbocycles. The van der Waals surface area contributed by atoms with Gasteiger partial charge in [-0.2, -0.15) is 0 Å². The molecule has 0 saturated carbocycles. The van der Waals surface area contributed by atoms with E-state index in [2.05, 4.69) is 41.4 Å². The first-order chi connectivity index (χ1) is 12.5. The number of thioether (sulfide) groups is 1. The molecule has 136 valence electrons. The Morgan fingerprint density at radius 3 is 2.58 bits per heavy atom. The van der Waals surface area contributed by atoms with Gasteiger partial charge in [0.2, 0.25) is 5.91 Å². The van der Waals surface area contributed by atoms with Gasteiger partial charge in [-0.3, -0.25) is 4.79 Å². The normalized spacial score (nSPS) is 10.9. The minimum absolute atomic E-state index is 0.0552. The highest BCUT2D eigenvalue weighted by molar-refractivity contribution is 7.99. The lowest BCUT2D eigenvalue weighted by Crippen LogP contribution is -2.27. The molecular formula is C19H22N4O2S. The molecule has 26 heavy (non-hydrogen) atoms. The molecule has 7 heteroatoms. The van der Waals surface area contributed by atoms with Gasteiger partial charge in [0.25, 0.3) is 0 Å². The number of carbonyl (C=O) groups is 1. The predicted molar refractivity (Wildman–Crippen MR) is 102 cm³/mol. The van der Waals surface area contributed by atoms with Crippen LogP contribution in [0.3, 0.4) is 0 Å². The van der Waals surface area contributed by atoms with Gasteiger partial charge in [0.1, 0.15) is 5.76 Å². The molecule has 0 fully saturated rings. The maximum atomic E-state index is 12.4. The molecule has 0 unspecified atom stereocenters. The van der Waals surface area contributed by atoms with Crippen LogP contribution >= 0.6 is 11.8 Å². The molecule has 0 atom stereocenters. The summed E-state index contributed by atoms with van der Waals surface area (Å²) in [5.74, 6) is 1.91. The number of rotatable bonds is 6. The van der Waals surface area contributed by atoms with Gasteiger partial charge in [-0.1, -0.05) is 41.6 Å². The van der Waals surface area contributed by atoms with Crippen LogP contribution in [0.25, 0.3) is 11.4 Å². The summed E-state index contributed by atoms with van der Waals surface area (Å²) < 4.78 is 7.21. The summed E-state index contributed by atoms with van der Waals surface area (Å²) >= 11 is 1.39. The summed E-state index contributed by atoms with van der Waals surface area (Å²) in [5, 5.41) is 9.13. The highest BCUT2D eigenvalue weighted by Gasteiger charge is 2.17. The fourth-order valence-corrected chi connectivity index (χ4v) is 3.44. The number of furan rings is 1. The monoisotopic (exact) mass is 370 g/mol. The number of hydrogen-bond donors (Lipinski definition) is 0. The van der Waals surface area contributed by atoms with Crippen molar-refractivity contribution in [2.24, 2.45) is 7.05 Å². The quantitative estimate of drug-likeness (QED) is 0.622. The Morgan fingerprint density at radius 2 is 1.92 bits per heavy atom. The van der Waals surface area contributed by atoms with E-state index >= 15 is 0 Å². The summed E-state index contributed by atoms with van der Waals surface area (Å²) in [7, 11) is 3.71. The Kier molecular flexibility index (Phi) is 5.46. The first-order valence-electron chi connectivity index (χ1n) is 8.32. The van der Waals surface area contributed by atoms with Crippen LogP contribution in [-0.4, -0.2) is 38.4 Å². The molecule has 2 aromatic heterocycles. The second-order valence-corrected chi connectivity index (χ2v) is 7.22. The number of nitrogens with zero attached hydrogens (tertiary/aromatic N) is 4. The molecule has 0 bridgehead atoms. The van der Waals surface area contributed by atoms with Gasteiger partial charge < -0.3 is 13.9 Å². The zero-order chi connectivity index (χ0) is 18.7. The molecule has 0 spiro atoms. The number of carbonyl (C=O) groups excluding carboxylic acids is 1. The van der Waals surface area contributed by atoms with Crippen LogP contribution < -0.4 is 0 Å². The van der Waals surface area contributed by atoms with Crippen molar-refractivity contribution in [2.75, 3.05) is 12.8 Å². The molecule has 0 aliphatic heterocycles. The van der Waals surface area contributed by atoms with E-state index in [4.69, 9.17) is 4.42 Å². The fraction of sp³-hybridized carbons (Fsp3) is 0.316. The van der Waals surface area contributed by atoms with Crippen molar-refractivity contribution >= 4 is 17.7 Å². The van der Waals surface area contributed by atoms with Gasteiger partial charge in [0.05, 0.1) is 17.6 Å². The van der Waals surface area contributed by atoms with E-state index in [1.54, 1.807) is 11.2 Å². The van der Waals surface area contributed by atoms with E-state index in [0.29, 0.717) is 17.5 Å². The number of aromatic nitrogens is 3. The summed E-state index contributed by atoms with van der Waals surface area (Å²) in [6, 6.07) is 10.1. The molecule has 3 rings (SSSR count). The largest absolute Gasteiger partial charge is 0.469 e. The van der Waals surface area contributed by atoms with Crippen LogP contribution in [0.1, 0.15) is 16.9 Å². The van der Waals surface area contributed by atoms with Gasteiger partial charge in [-0.25, -0.2) is 0 Å². The second kappa shape index (κ2) is 7.78. The van der Waals surface area contributed by atoms with E-state index in [9.17, 15) is 4.79 Å². The molecule has 0 saturated heterocycles. The third-order valence-electron chi connectivity index (χ3n) is 4.23. The van der Waals surface area contributed by atoms with Gasteiger partial charge in [0.15, 0.2) is 11.0 Å². The highest BCUT2D eigenvalue weighted by atomic mass is 32.2. The van der Waals surface area contributed by atoms with Crippen molar-refractivity contribution in [2.45, 2.75) is 25.5 Å². The van der Waals surface area contributed by atoms with Crippen molar-refractivity contribution < 1.29 is 9.21 Å². The second-order valence-electron chi connectivity index (χ2n) is 6.28. The Bertz CT molecular complexity index is 899. The highest BCUT2D eigenvalue weighted by Crippen LogP contribution is 2.25. The molecular weight excluding hydrogens is 348 g/mol. The average Bonchev–Trinajstić information content (AvgIpc) is 3.20. The molecule has 6 nitrogen and oxygen atoms in total. The standard InChI is InChI=1S/C19H22N4O2S/c1-13-5-7-15(8-6-13)11-22(3)17(24)12-26-19-21-20-18(23(19)4)16-9-10-25-14(16)2/h5-10H,11-12H2,1-4H3. The summed E-state index contributed by atoms with van der Waals surface area (Å²) in [4.78, 5) is 14.2. The maximum absolute atomic E-state index is 12.4. The minimum atomic E-state index is 0.0552. The van der Waals surface area contributed by atoms with E-state index in [1.165, 1.54) is 17.3 Å². The van der Waals surface area contributed by atoms with E-state index < -0.39 is 0 Å². The van der Waals surface area contributed by atoms with E-state index in [-0.39, 0.29) is 5.91 Å². The van der Waals surface area contributed by atoms with Crippen LogP contribution in [0, 0.1) is 13.8 Å². The third kappa shape index (κ3) is 3.99. The molecule has 1 aromatic carbocycles. The van der Waals surface area contributed by atoms with Crippen molar-refractivity contribution in [1.29, 1.82) is 0 Å². The predicted octanol–water partition coefficient (Wildman–Crippen LogP) is 3.44. The van der Waals surface area contributed by atoms with Gasteiger partial charge in [0, 0.05) is 20.6 Å². The lowest BCUT2D eigenvalue weighted by atomic mass is 10.1. The molecule has 0 N–H and O–H groups in total. The average molecular weight is 370 g/mol. The van der Waals surface area contributed by atoms with Crippen molar-refractivity contribution in [3.05, 3.63) is 53.5 Å². The maximum Gasteiger partial charge on any atom is 0.233 e. The molecule has 1 amide bonds. The van der Waals surface area contributed by atoms with Crippen LogP contribution in [0.5, 0.6) is 0 Å². The van der Waals surface area contributed by atoms with Crippen molar-refractivity contribution in [3.8, 4) is 11.4 Å². The first kappa shape index (κ1) is 18.3. The Hall–Kier alpha value is -2.54. The number of amides is 1. The lowest BCUT2D eigenvalue weighted by Gasteiger charge is -2.17. The van der Waals surface area contributed by atoms with E-state index in [0.717, 1.165) is 22.7 Å². The van der Waals surface area contributed by atoms with Crippen molar-refractivity contribution in [3.63, 3.8) is 0 Å². The Morgan fingerprint density at radius 1 is 1.19 bits per heavy atom. The Labute approximate surface area is 157 Å². The molecule has 3 aromatic rings. The SMILES string of the molecule is Cc1ccc(CN(C)C(=O)CSc2nnc(-c3ccoc3C)n2C)cc1. The van der Waals surface area contributed by atoms with E-state index in [1.807, 2.05) is 31.7 Å². The van der Waals surface area contributed by atoms with Gasteiger partial charge in [-0.15, -0.1) is 10.2 Å². The topological polar surface area (TPSA) is 64.2 Å².